The Bertz CT molecular complexity index is 737. The Morgan fingerprint density at radius 1 is 1.11 bits per heavy atom. The van der Waals surface area contributed by atoms with Gasteiger partial charge in [0.05, 0.1) is 30.3 Å². The second-order valence-corrected chi connectivity index (χ2v) is 6.90. The van der Waals surface area contributed by atoms with Crippen LogP contribution in [0.15, 0.2) is 18.2 Å². The molecule has 2 heterocycles. The molecule has 0 bridgehead atoms. The van der Waals surface area contributed by atoms with Crippen LogP contribution in [-0.4, -0.2) is 85.7 Å². The van der Waals surface area contributed by atoms with Gasteiger partial charge < -0.3 is 19.9 Å². The van der Waals surface area contributed by atoms with E-state index in [0.29, 0.717) is 75.3 Å². The van der Waals surface area contributed by atoms with Gasteiger partial charge in [0, 0.05) is 45.0 Å². The maximum Gasteiger partial charge on any atom is 0.321 e. The minimum absolute atomic E-state index is 0.114. The first-order chi connectivity index (χ1) is 13.1. The Hall–Kier alpha value is -2.34. The zero-order valence-electron chi connectivity index (χ0n) is 15.0. The van der Waals surface area contributed by atoms with Crippen molar-refractivity contribution in [3.05, 3.63) is 28.8 Å². The van der Waals surface area contributed by atoms with E-state index in [-0.39, 0.29) is 11.9 Å². The Morgan fingerprint density at radius 3 is 2.44 bits per heavy atom. The first-order valence-electron chi connectivity index (χ1n) is 8.90. The number of nitrogens with zero attached hydrogens (tertiary/aromatic N) is 4. The molecule has 1 aromatic rings. The number of nitrogens with one attached hydrogen (secondary N) is 1. The van der Waals surface area contributed by atoms with Crippen LogP contribution >= 0.6 is 11.6 Å². The van der Waals surface area contributed by atoms with E-state index in [2.05, 4.69) is 10.2 Å². The van der Waals surface area contributed by atoms with Crippen molar-refractivity contribution >= 4 is 29.2 Å². The molecule has 1 aromatic carbocycles. The lowest BCUT2D eigenvalue weighted by Crippen LogP contribution is -2.53. The lowest BCUT2D eigenvalue weighted by atomic mass is 10.2. The molecule has 0 spiro atoms. The number of nitriles is 1. The molecule has 2 saturated heterocycles. The van der Waals surface area contributed by atoms with Crippen LogP contribution < -0.4 is 5.32 Å². The number of halogens is 1. The van der Waals surface area contributed by atoms with Crippen molar-refractivity contribution in [1.82, 2.24) is 14.7 Å². The first kappa shape index (κ1) is 19.4. The molecule has 0 aliphatic carbocycles. The summed E-state index contributed by atoms with van der Waals surface area (Å²) in [7, 11) is 0. The topological polar surface area (TPSA) is 88.9 Å². The van der Waals surface area contributed by atoms with Gasteiger partial charge in [-0.1, -0.05) is 11.6 Å². The first-order valence-corrected chi connectivity index (χ1v) is 9.28. The molecule has 27 heavy (non-hydrogen) atoms. The summed E-state index contributed by atoms with van der Waals surface area (Å²) in [5, 5.41) is 12.0. The van der Waals surface area contributed by atoms with E-state index in [1.807, 2.05) is 11.0 Å². The van der Waals surface area contributed by atoms with Crippen LogP contribution in [0, 0.1) is 11.3 Å². The van der Waals surface area contributed by atoms with Crippen molar-refractivity contribution in [2.75, 3.05) is 64.3 Å². The normalized spacial score (nSPS) is 18.1. The molecule has 2 fully saturated rings. The standard InChI is InChI=1S/C18H22ClN5O3/c19-16-11-15(2-1-14(16)12-20)21-18(26)24-5-3-22(4-6-24)13-17(25)23-7-9-27-10-8-23/h1-2,11H,3-10,13H2,(H,21,26). The van der Waals surface area contributed by atoms with Crippen molar-refractivity contribution in [2.45, 2.75) is 0 Å². The zero-order valence-corrected chi connectivity index (χ0v) is 15.7. The van der Waals surface area contributed by atoms with E-state index >= 15 is 0 Å². The van der Waals surface area contributed by atoms with Gasteiger partial charge in [0.25, 0.3) is 0 Å². The SMILES string of the molecule is N#Cc1ccc(NC(=O)N2CCN(CC(=O)N3CCOCC3)CC2)cc1Cl. The summed E-state index contributed by atoms with van der Waals surface area (Å²) in [5.41, 5.74) is 0.919. The van der Waals surface area contributed by atoms with E-state index in [9.17, 15) is 9.59 Å². The highest BCUT2D eigenvalue weighted by atomic mass is 35.5. The maximum atomic E-state index is 12.4. The largest absolute Gasteiger partial charge is 0.378 e. The molecule has 0 aromatic heterocycles. The molecule has 1 N–H and O–H groups in total. The van der Waals surface area contributed by atoms with E-state index < -0.39 is 0 Å². The molecule has 144 valence electrons. The quantitative estimate of drug-likeness (QED) is 0.836. The summed E-state index contributed by atoms with van der Waals surface area (Å²) in [4.78, 5) is 30.3. The number of rotatable bonds is 3. The fraction of sp³-hybridized carbons (Fsp3) is 0.500. The van der Waals surface area contributed by atoms with Gasteiger partial charge in [-0.2, -0.15) is 5.26 Å². The van der Waals surface area contributed by atoms with Crippen molar-refractivity contribution in [2.24, 2.45) is 0 Å². The van der Waals surface area contributed by atoms with Gasteiger partial charge in [0.1, 0.15) is 6.07 Å². The van der Waals surface area contributed by atoms with Crippen LogP contribution in [0.5, 0.6) is 0 Å². The van der Waals surface area contributed by atoms with Crippen LogP contribution in [0.1, 0.15) is 5.56 Å². The summed E-state index contributed by atoms with van der Waals surface area (Å²) < 4.78 is 5.27. The number of carbonyl (C=O) groups is 2. The summed E-state index contributed by atoms with van der Waals surface area (Å²) >= 11 is 5.99. The van der Waals surface area contributed by atoms with E-state index in [1.54, 1.807) is 23.1 Å². The lowest BCUT2D eigenvalue weighted by Gasteiger charge is -2.36. The Kier molecular flexibility index (Phi) is 6.50. The molecular formula is C18H22ClN5O3. The molecule has 3 rings (SSSR count). The number of anilines is 1. The number of piperazine rings is 1. The minimum atomic E-state index is -0.213. The fourth-order valence-corrected chi connectivity index (χ4v) is 3.32. The van der Waals surface area contributed by atoms with Gasteiger partial charge in [-0.3, -0.25) is 9.69 Å². The van der Waals surface area contributed by atoms with Gasteiger partial charge in [-0.25, -0.2) is 4.79 Å². The van der Waals surface area contributed by atoms with Gasteiger partial charge in [0.15, 0.2) is 0 Å². The van der Waals surface area contributed by atoms with Crippen molar-refractivity contribution in [1.29, 1.82) is 5.26 Å². The number of morpholine rings is 1. The van der Waals surface area contributed by atoms with Gasteiger partial charge in [0.2, 0.25) is 5.91 Å². The molecule has 0 atom stereocenters. The van der Waals surface area contributed by atoms with Crippen LogP contribution in [0.2, 0.25) is 5.02 Å². The number of hydrogen-bond acceptors (Lipinski definition) is 5. The summed E-state index contributed by atoms with van der Waals surface area (Å²) in [5.74, 6) is 0.114. The number of carbonyl (C=O) groups excluding carboxylic acids is 2. The number of hydrogen-bond donors (Lipinski definition) is 1. The minimum Gasteiger partial charge on any atom is -0.378 e. The van der Waals surface area contributed by atoms with E-state index in [4.69, 9.17) is 21.6 Å². The molecule has 9 heteroatoms. The highest BCUT2D eigenvalue weighted by Gasteiger charge is 2.25. The third-order valence-electron chi connectivity index (χ3n) is 4.72. The average molecular weight is 392 g/mol. The van der Waals surface area contributed by atoms with E-state index in [0.717, 1.165) is 0 Å². The second kappa shape index (κ2) is 9.04. The molecular weight excluding hydrogens is 370 g/mol. The smallest absolute Gasteiger partial charge is 0.321 e. The van der Waals surface area contributed by atoms with Crippen LogP contribution in [0.4, 0.5) is 10.5 Å². The monoisotopic (exact) mass is 391 g/mol. The average Bonchev–Trinajstić information content (AvgIpc) is 2.69. The summed E-state index contributed by atoms with van der Waals surface area (Å²) in [6.45, 7) is 5.26. The van der Waals surface area contributed by atoms with Crippen molar-refractivity contribution < 1.29 is 14.3 Å². The summed E-state index contributed by atoms with van der Waals surface area (Å²) in [6, 6.07) is 6.57. The summed E-state index contributed by atoms with van der Waals surface area (Å²) in [6.07, 6.45) is 0. The molecule has 2 aliphatic heterocycles. The number of urea groups is 1. The molecule has 8 nitrogen and oxygen atoms in total. The molecule has 2 aliphatic rings. The van der Waals surface area contributed by atoms with E-state index in [1.165, 1.54) is 0 Å². The Morgan fingerprint density at radius 2 is 1.81 bits per heavy atom. The second-order valence-electron chi connectivity index (χ2n) is 6.49. The zero-order chi connectivity index (χ0) is 19.2. The highest BCUT2D eigenvalue weighted by Crippen LogP contribution is 2.20. The fourth-order valence-electron chi connectivity index (χ4n) is 3.10. The predicted molar refractivity (Wildman–Crippen MR) is 101 cm³/mol. The molecule has 0 unspecified atom stereocenters. The van der Waals surface area contributed by atoms with Gasteiger partial charge >= 0.3 is 6.03 Å². The van der Waals surface area contributed by atoms with Crippen molar-refractivity contribution in [3.63, 3.8) is 0 Å². The highest BCUT2D eigenvalue weighted by molar-refractivity contribution is 6.32. The van der Waals surface area contributed by atoms with Crippen LogP contribution in [-0.2, 0) is 9.53 Å². The predicted octanol–water partition coefficient (Wildman–Crippen LogP) is 1.22. The maximum absolute atomic E-state index is 12.4. The third-order valence-corrected chi connectivity index (χ3v) is 5.04. The van der Waals surface area contributed by atoms with Gasteiger partial charge in [-0.05, 0) is 18.2 Å². The number of amides is 3. The lowest BCUT2D eigenvalue weighted by molar-refractivity contribution is -0.136. The van der Waals surface area contributed by atoms with Crippen molar-refractivity contribution in [3.8, 4) is 6.07 Å². The molecule has 0 radical (unpaired) electrons. The Labute approximate surface area is 163 Å². The van der Waals surface area contributed by atoms with Gasteiger partial charge in [-0.15, -0.1) is 0 Å². The van der Waals surface area contributed by atoms with Crippen LogP contribution in [0.25, 0.3) is 0 Å². The molecule has 0 saturated carbocycles. The molecule has 3 amide bonds. The van der Waals surface area contributed by atoms with Crippen LogP contribution in [0.3, 0.4) is 0 Å². The number of ether oxygens (including phenoxy) is 1. The Balaban J connectivity index is 1.45. The number of benzene rings is 1. The third kappa shape index (κ3) is 5.10.